The lowest BCUT2D eigenvalue weighted by atomic mass is 10.0. The maximum atomic E-state index is 12.5. The van der Waals surface area contributed by atoms with Gasteiger partial charge >= 0.3 is 6.01 Å². The molecule has 0 fully saturated rings. The highest BCUT2D eigenvalue weighted by atomic mass is 32.2. The van der Waals surface area contributed by atoms with Crippen molar-refractivity contribution in [1.82, 2.24) is 10.2 Å². The summed E-state index contributed by atoms with van der Waals surface area (Å²) in [5, 5.41) is 13.4. The molecule has 1 N–H and O–H groups in total. The topological polar surface area (TPSA) is 68.0 Å². The Balaban J connectivity index is 1.47. The molecule has 0 aliphatic carbocycles. The zero-order valence-corrected chi connectivity index (χ0v) is 17.1. The van der Waals surface area contributed by atoms with Crippen molar-refractivity contribution in [3.8, 4) is 11.5 Å². The summed E-state index contributed by atoms with van der Waals surface area (Å²) in [5.41, 5.74) is 1.79. The van der Waals surface area contributed by atoms with Crippen molar-refractivity contribution in [2.45, 2.75) is 30.4 Å². The van der Waals surface area contributed by atoms with E-state index in [9.17, 15) is 4.79 Å². The molecular formula is C23H21N3O2S. The fraction of sp³-hybridized carbons (Fsp3) is 0.174. The van der Waals surface area contributed by atoms with E-state index in [4.69, 9.17) is 4.42 Å². The number of benzene rings is 3. The minimum atomic E-state index is -0.194. The van der Waals surface area contributed by atoms with Crippen molar-refractivity contribution in [3.05, 3.63) is 72.3 Å². The molecule has 0 atom stereocenters. The predicted molar refractivity (Wildman–Crippen MR) is 117 cm³/mol. The van der Waals surface area contributed by atoms with Crippen molar-refractivity contribution in [3.63, 3.8) is 0 Å². The van der Waals surface area contributed by atoms with Crippen molar-refractivity contribution >= 4 is 34.5 Å². The fourth-order valence-corrected chi connectivity index (χ4v) is 4.04. The molecule has 0 unspecified atom stereocenters. The Labute approximate surface area is 173 Å². The van der Waals surface area contributed by atoms with E-state index >= 15 is 0 Å². The first-order chi connectivity index (χ1) is 14.1. The molecule has 4 aromatic rings. The van der Waals surface area contributed by atoms with Crippen LogP contribution < -0.4 is 5.32 Å². The van der Waals surface area contributed by atoms with Gasteiger partial charge in [0.15, 0.2) is 0 Å². The number of nitrogens with one attached hydrogen (secondary N) is 1. The van der Waals surface area contributed by atoms with Gasteiger partial charge in [0, 0.05) is 15.7 Å². The van der Waals surface area contributed by atoms with Gasteiger partial charge in [0.2, 0.25) is 11.8 Å². The second kappa shape index (κ2) is 8.49. The Bertz CT molecular complexity index is 1150. The first kappa shape index (κ1) is 19.2. The number of nitrogens with zero attached hydrogens (tertiary/aromatic N) is 2. The smallest absolute Gasteiger partial charge is 0.322 e. The summed E-state index contributed by atoms with van der Waals surface area (Å²) in [6.07, 6.45) is 0.236. The van der Waals surface area contributed by atoms with Crippen LogP contribution in [-0.2, 0) is 11.2 Å². The number of amides is 1. The van der Waals surface area contributed by atoms with Gasteiger partial charge in [-0.1, -0.05) is 67.5 Å². The molecule has 29 heavy (non-hydrogen) atoms. The van der Waals surface area contributed by atoms with Crippen LogP contribution in [0.1, 0.15) is 19.4 Å². The predicted octanol–water partition coefficient (Wildman–Crippen LogP) is 5.57. The minimum Gasteiger partial charge on any atom is -0.403 e. The van der Waals surface area contributed by atoms with Crippen molar-refractivity contribution < 1.29 is 9.21 Å². The maximum absolute atomic E-state index is 12.5. The molecule has 146 valence electrons. The third-order valence-corrected chi connectivity index (χ3v) is 5.35. The Hall–Kier alpha value is -3.12. The third kappa shape index (κ3) is 4.66. The van der Waals surface area contributed by atoms with Gasteiger partial charge in [0.25, 0.3) is 0 Å². The first-order valence-electron chi connectivity index (χ1n) is 9.45. The highest BCUT2D eigenvalue weighted by molar-refractivity contribution is 7.99. The number of hydrogen-bond acceptors (Lipinski definition) is 5. The van der Waals surface area contributed by atoms with Gasteiger partial charge in [0.1, 0.15) is 0 Å². The molecule has 6 heteroatoms. The normalized spacial score (nSPS) is 11.1. The summed E-state index contributed by atoms with van der Waals surface area (Å²) in [6.45, 7) is 4.29. The molecule has 3 aromatic carbocycles. The summed E-state index contributed by atoms with van der Waals surface area (Å²) < 4.78 is 5.66. The Kier molecular flexibility index (Phi) is 5.62. The molecule has 0 saturated carbocycles. The Morgan fingerprint density at radius 2 is 1.83 bits per heavy atom. The van der Waals surface area contributed by atoms with Gasteiger partial charge in [-0.3, -0.25) is 10.1 Å². The average Bonchev–Trinajstić information content (AvgIpc) is 3.16. The van der Waals surface area contributed by atoms with Gasteiger partial charge in [-0.2, -0.15) is 0 Å². The number of hydrogen-bond donors (Lipinski definition) is 1. The molecule has 4 rings (SSSR count). The molecule has 1 aromatic heterocycles. The van der Waals surface area contributed by atoms with E-state index in [0.717, 1.165) is 26.8 Å². The molecule has 0 bridgehead atoms. The zero-order valence-electron chi connectivity index (χ0n) is 16.3. The second-order valence-electron chi connectivity index (χ2n) is 6.97. The van der Waals surface area contributed by atoms with E-state index in [2.05, 4.69) is 35.4 Å². The van der Waals surface area contributed by atoms with Crippen LogP contribution in [-0.4, -0.2) is 21.4 Å². The Morgan fingerprint density at radius 3 is 2.69 bits per heavy atom. The molecule has 0 spiro atoms. The Morgan fingerprint density at radius 1 is 1.03 bits per heavy atom. The molecular weight excluding hydrogens is 382 g/mol. The number of carbonyl (C=O) groups excluding carboxylic acids is 1. The molecule has 0 aliphatic heterocycles. The number of rotatable bonds is 6. The number of carbonyl (C=O) groups is 1. The first-order valence-corrected chi connectivity index (χ1v) is 10.3. The van der Waals surface area contributed by atoms with Crippen LogP contribution in [0.2, 0.25) is 0 Å². The van der Waals surface area contributed by atoms with Gasteiger partial charge in [-0.15, -0.1) is 16.9 Å². The van der Waals surface area contributed by atoms with E-state index in [0.29, 0.717) is 11.1 Å². The zero-order chi connectivity index (χ0) is 20.2. The maximum Gasteiger partial charge on any atom is 0.322 e. The standard InChI is InChI=1S/C23H21N3O2S/c1-15(2)29-19-11-6-10-18(13-19)22-25-26-23(28-22)24-21(27)14-17-9-5-8-16-7-3-4-12-20(16)17/h3-13,15H,14H2,1-2H3,(H,24,26,27). The van der Waals surface area contributed by atoms with E-state index in [1.165, 1.54) is 0 Å². The molecule has 1 amide bonds. The van der Waals surface area contributed by atoms with Crippen LogP contribution >= 0.6 is 11.8 Å². The van der Waals surface area contributed by atoms with Crippen molar-refractivity contribution in [1.29, 1.82) is 0 Å². The second-order valence-corrected chi connectivity index (χ2v) is 8.62. The summed E-state index contributed by atoms with van der Waals surface area (Å²) in [5.74, 6) is 0.192. The van der Waals surface area contributed by atoms with Gasteiger partial charge in [-0.05, 0) is 34.5 Å². The summed E-state index contributed by atoms with van der Waals surface area (Å²) in [4.78, 5) is 13.6. The molecule has 1 heterocycles. The van der Waals surface area contributed by atoms with Crippen LogP contribution in [0.5, 0.6) is 0 Å². The van der Waals surface area contributed by atoms with Crippen molar-refractivity contribution in [2.75, 3.05) is 5.32 Å². The van der Waals surface area contributed by atoms with Gasteiger partial charge in [0.05, 0.1) is 6.42 Å². The molecule has 0 saturated heterocycles. The molecule has 0 aliphatic rings. The van der Waals surface area contributed by atoms with Crippen LogP contribution in [0.25, 0.3) is 22.2 Å². The lowest BCUT2D eigenvalue weighted by Gasteiger charge is -2.06. The minimum absolute atomic E-state index is 0.104. The molecule has 0 radical (unpaired) electrons. The summed E-state index contributed by atoms with van der Waals surface area (Å²) in [7, 11) is 0. The van der Waals surface area contributed by atoms with E-state index < -0.39 is 0 Å². The average molecular weight is 404 g/mol. The SMILES string of the molecule is CC(C)Sc1cccc(-c2nnc(NC(=O)Cc3cccc4ccccc34)o2)c1. The van der Waals surface area contributed by atoms with E-state index in [1.807, 2.05) is 60.7 Å². The van der Waals surface area contributed by atoms with Gasteiger partial charge in [-0.25, -0.2) is 0 Å². The van der Waals surface area contributed by atoms with Crippen LogP contribution in [0.3, 0.4) is 0 Å². The number of anilines is 1. The number of aromatic nitrogens is 2. The van der Waals surface area contributed by atoms with Crippen LogP contribution in [0.4, 0.5) is 6.01 Å². The van der Waals surface area contributed by atoms with Gasteiger partial charge < -0.3 is 4.42 Å². The number of fused-ring (bicyclic) bond motifs is 1. The number of thioether (sulfide) groups is 1. The monoisotopic (exact) mass is 403 g/mol. The highest BCUT2D eigenvalue weighted by Crippen LogP contribution is 2.28. The van der Waals surface area contributed by atoms with Crippen LogP contribution in [0.15, 0.2) is 76.0 Å². The van der Waals surface area contributed by atoms with E-state index in [1.54, 1.807) is 11.8 Å². The van der Waals surface area contributed by atoms with Crippen molar-refractivity contribution in [2.24, 2.45) is 0 Å². The summed E-state index contributed by atoms with van der Waals surface area (Å²) in [6, 6.07) is 22.0. The quantitative estimate of drug-likeness (QED) is 0.426. The van der Waals surface area contributed by atoms with Crippen LogP contribution in [0, 0.1) is 0 Å². The fourth-order valence-electron chi connectivity index (χ4n) is 3.15. The lowest BCUT2D eigenvalue weighted by molar-refractivity contribution is -0.115. The molecule has 5 nitrogen and oxygen atoms in total. The largest absolute Gasteiger partial charge is 0.403 e. The van der Waals surface area contributed by atoms with E-state index in [-0.39, 0.29) is 18.3 Å². The lowest BCUT2D eigenvalue weighted by Crippen LogP contribution is -2.14. The summed E-state index contributed by atoms with van der Waals surface area (Å²) >= 11 is 1.77. The third-order valence-electron chi connectivity index (χ3n) is 4.36. The highest BCUT2D eigenvalue weighted by Gasteiger charge is 2.13.